The van der Waals surface area contributed by atoms with Crippen molar-refractivity contribution in [3.05, 3.63) is 71.3 Å². The van der Waals surface area contributed by atoms with Crippen LogP contribution in [-0.2, 0) is 9.59 Å². The van der Waals surface area contributed by atoms with Gasteiger partial charge in [0.15, 0.2) is 5.15 Å². The number of rotatable bonds is 17. The molecular formula is C33H40ClFN6O3S. The van der Waals surface area contributed by atoms with Crippen molar-refractivity contribution in [2.45, 2.75) is 68.7 Å². The van der Waals surface area contributed by atoms with Gasteiger partial charge in [0.05, 0.1) is 5.69 Å². The van der Waals surface area contributed by atoms with Crippen molar-refractivity contribution in [1.29, 1.82) is 0 Å². The third-order valence-corrected chi connectivity index (χ3v) is 8.60. The summed E-state index contributed by atoms with van der Waals surface area (Å²) in [5.41, 5.74) is 3.22. The fraction of sp³-hybridized carbons (Fsp3) is 0.394. The Balaban J connectivity index is 1.15. The van der Waals surface area contributed by atoms with Crippen molar-refractivity contribution in [2.75, 3.05) is 30.3 Å². The van der Waals surface area contributed by atoms with E-state index in [-0.39, 0.29) is 28.0 Å². The summed E-state index contributed by atoms with van der Waals surface area (Å²) < 4.78 is 13.6. The average molecular weight is 655 g/mol. The molecule has 3 amide bonds. The van der Waals surface area contributed by atoms with Crippen LogP contribution in [-0.4, -0.2) is 47.8 Å². The Morgan fingerprint density at radius 3 is 2.47 bits per heavy atom. The van der Waals surface area contributed by atoms with Gasteiger partial charge < -0.3 is 21.3 Å². The molecule has 4 rings (SSSR count). The molecule has 1 aliphatic rings. The summed E-state index contributed by atoms with van der Waals surface area (Å²) in [5.74, 6) is -0.803. The lowest BCUT2D eigenvalue weighted by Gasteiger charge is -2.12. The van der Waals surface area contributed by atoms with Crippen LogP contribution >= 0.6 is 23.4 Å². The van der Waals surface area contributed by atoms with Crippen LogP contribution in [0.3, 0.4) is 0 Å². The highest BCUT2D eigenvalue weighted by Crippen LogP contribution is 2.40. The number of nitrogens with zero attached hydrogens (tertiary/aromatic N) is 1. The number of benzene rings is 2. The van der Waals surface area contributed by atoms with Gasteiger partial charge in [0.2, 0.25) is 11.8 Å². The van der Waals surface area contributed by atoms with Crippen LogP contribution < -0.4 is 26.6 Å². The van der Waals surface area contributed by atoms with Crippen molar-refractivity contribution in [3.8, 4) is 11.1 Å². The first-order chi connectivity index (χ1) is 21.8. The maximum atomic E-state index is 13.6. The molecule has 1 aliphatic heterocycles. The smallest absolute Gasteiger partial charge is 0.255 e. The molecule has 5 N–H and O–H groups in total. The Bertz CT molecular complexity index is 1480. The molecule has 12 heteroatoms. The van der Waals surface area contributed by atoms with Gasteiger partial charge in [-0.05, 0) is 74.2 Å². The third-order valence-electron chi connectivity index (χ3n) is 7.19. The maximum absolute atomic E-state index is 13.6. The Hall–Kier alpha value is -3.67. The lowest BCUT2D eigenvalue weighted by molar-refractivity contribution is -0.122. The van der Waals surface area contributed by atoms with E-state index in [4.69, 9.17) is 11.6 Å². The number of fused-ring (bicyclic) bond motifs is 1. The first-order valence-electron chi connectivity index (χ1n) is 15.4. The molecule has 0 saturated heterocycles. The topological polar surface area (TPSA) is 124 Å². The van der Waals surface area contributed by atoms with E-state index in [2.05, 4.69) is 44.6 Å². The molecule has 2 heterocycles. The molecule has 0 aliphatic carbocycles. The monoisotopic (exact) mass is 654 g/mol. The molecule has 2 aromatic carbocycles. The predicted octanol–water partition coefficient (Wildman–Crippen LogP) is 6.56. The van der Waals surface area contributed by atoms with Gasteiger partial charge in [-0.3, -0.25) is 19.7 Å². The number of halogens is 2. The minimum atomic E-state index is -0.496. The fourth-order valence-corrected chi connectivity index (χ4v) is 5.95. The number of nitrogens with one attached hydrogen (secondary N) is 5. The van der Waals surface area contributed by atoms with E-state index < -0.39 is 11.7 Å². The van der Waals surface area contributed by atoms with Crippen molar-refractivity contribution in [3.63, 3.8) is 0 Å². The summed E-state index contributed by atoms with van der Waals surface area (Å²) in [4.78, 5) is 41.7. The zero-order valence-electron chi connectivity index (χ0n) is 25.4. The molecule has 240 valence electrons. The van der Waals surface area contributed by atoms with Crippen molar-refractivity contribution in [1.82, 2.24) is 20.9 Å². The Morgan fingerprint density at radius 1 is 0.911 bits per heavy atom. The number of carbonyl (C=O) groups excluding carboxylic acids is 3. The second kappa shape index (κ2) is 17.7. The summed E-state index contributed by atoms with van der Waals surface area (Å²) in [6, 6.07) is 13.2. The standard InChI is InChI=1S/C33H40ClFN6O3S/c1-2-3-11-29(42)36-15-6-4-5-12-30(43)37-16-8-17-38-33-41-26-14-13-22(20-28(26)45-33)24-19-27(31(34)39-21-24)40-32(44)23-9-7-10-25(35)18-23/h7,9-10,13-14,18-21,33,38,41H,2-6,8,11-12,15-17H2,1H3,(H,36,42)(H,37,43)(H,40,44). The van der Waals surface area contributed by atoms with E-state index in [0.29, 0.717) is 31.6 Å². The van der Waals surface area contributed by atoms with Crippen LogP contribution in [0.4, 0.5) is 15.8 Å². The molecular weight excluding hydrogens is 615 g/mol. The average Bonchev–Trinajstić information content (AvgIpc) is 3.44. The van der Waals surface area contributed by atoms with Gasteiger partial charge in [0, 0.05) is 53.8 Å². The molecule has 0 saturated carbocycles. The number of unbranched alkanes of at least 4 members (excludes halogenated alkanes) is 3. The molecule has 0 radical (unpaired) electrons. The second-order valence-electron chi connectivity index (χ2n) is 10.8. The van der Waals surface area contributed by atoms with E-state index in [1.807, 2.05) is 12.1 Å². The van der Waals surface area contributed by atoms with Crippen LogP contribution in [0, 0.1) is 5.82 Å². The van der Waals surface area contributed by atoms with Crippen LogP contribution in [0.25, 0.3) is 11.1 Å². The summed E-state index contributed by atoms with van der Waals surface area (Å²) in [6.45, 7) is 4.08. The van der Waals surface area contributed by atoms with Gasteiger partial charge in [-0.1, -0.05) is 55.3 Å². The van der Waals surface area contributed by atoms with Crippen LogP contribution in [0.15, 0.2) is 59.6 Å². The minimum absolute atomic E-state index is 0.00197. The number of hydrogen-bond donors (Lipinski definition) is 5. The van der Waals surface area contributed by atoms with Gasteiger partial charge in [0.1, 0.15) is 11.3 Å². The quantitative estimate of drug-likeness (QED) is 0.0825. The van der Waals surface area contributed by atoms with Gasteiger partial charge in [0.25, 0.3) is 5.91 Å². The van der Waals surface area contributed by atoms with Gasteiger partial charge in [-0.25, -0.2) is 9.37 Å². The second-order valence-corrected chi connectivity index (χ2v) is 12.3. The lowest BCUT2D eigenvalue weighted by atomic mass is 10.1. The molecule has 1 atom stereocenters. The number of thioether (sulfide) groups is 1. The summed E-state index contributed by atoms with van der Waals surface area (Å²) in [7, 11) is 0. The van der Waals surface area contributed by atoms with Crippen molar-refractivity contribution in [2.24, 2.45) is 0 Å². The number of aromatic nitrogens is 1. The van der Waals surface area contributed by atoms with Crippen LogP contribution in [0.5, 0.6) is 0 Å². The molecule has 9 nitrogen and oxygen atoms in total. The Kier molecular flexibility index (Phi) is 13.5. The van der Waals surface area contributed by atoms with Gasteiger partial charge >= 0.3 is 0 Å². The highest BCUT2D eigenvalue weighted by Gasteiger charge is 2.21. The van der Waals surface area contributed by atoms with Crippen LogP contribution in [0.1, 0.15) is 68.6 Å². The van der Waals surface area contributed by atoms with E-state index in [1.54, 1.807) is 24.0 Å². The molecule has 0 bridgehead atoms. The maximum Gasteiger partial charge on any atom is 0.255 e. The largest absolute Gasteiger partial charge is 0.360 e. The number of amides is 3. The van der Waals surface area contributed by atoms with E-state index >= 15 is 0 Å². The van der Waals surface area contributed by atoms with Gasteiger partial charge in [-0.2, -0.15) is 0 Å². The first kappa shape index (κ1) is 34.2. The van der Waals surface area contributed by atoms with Crippen LogP contribution in [0.2, 0.25) is 5.15 Å². The minimum Gasteiger partial charge on any atom is -0.360 e. The molecule has 1 aromatic heterocycles. The van der Waals surface area contributed by atoms with E-state index in [9.17, 15) is 18.8 Å². The van der Waals surface area contributed by atoms with Crippen molar-refractivity contribution >= 4 is 52.5 Å². The third kappa shape index (κ3) is 11.0. The fourth-order valence-electron chi connectivity index (χ4n) is 4.71. The highest BCUT2D eigenvalue weighted by molar-refractivity contribution is 8.00. The highest BCUT2D eigenvalue weighted by atomic mass is 35.5. The zero-order chi connectivity index (χ0) is 32.0. The molecule has 0 fully saturated rings. The summed E-state index contributed by atoms with van der Waals surface area (Å²) >= 11 is 7.91. The Morgan fingerprint density at radius 2 is 1.69 bits per heavy atom. The number of carbonyl (C=O) groups is 3. The van der Waals surface area contributed by atoms with Gasteiger partial charge in [-0.15, -0.1) is 0 Å². The zero-order valence-corrected chi connectivity index (χ0v) is 27.0. The number of hydrogen-bond acceptors (Lipinski definition) is 7. The molecule has 3 aromatic rings. The SMILES string of the molecule is CCCCC(=O)NCCCCCC(=O)NCCCNC1Nc2ccc(-c3cnc(Cl)c(NC(=O)c4cccc(F)c4)c3)cc2S1. The molecule has 1 unspecified atom stereocenters. The molecule has 45 heavy (non-hydrogen) atoms. The first-order valence-corrected chi connectivity index (χ1v) is 16.6. The predicted molar refractivity (Wildman–Crippen MR) is 179 cm³/mol. The number of pyridine rings is 1. The summed E-state index contributed by atoms with van der Waals surface area (Å²) in [5, 5.41) is 15.7. The Labute approximate surface area is 272 Å². The van der Waals surface area contributed by atoms with E-state index in [1.165, 1.54) is 18.2 Å². The van der Waals surface area contributed by atoms with E-state index in [0.717, 1.165) is 72.8 Å². The normalized spacial score (nSPS) is 13.5. The van der Waals surface area contributed by atoms with Crippen molar-refractivity contribution < 1.29 is 18.8 Å². The lowest BCUT2D eigenvalue weighted by Crippen LogP contribution is -2.33. The summed E-state index contributed by atoms with van der Waals surface area (Å²) in [6.07, 6.45) is 8.09. The molecule has 0 spiro atoms. The number of anilines is 2.